The van der Waals surface area contributed by atoms with Gasteiger partial charge in [0, 0.05) is 12.6 Å². The predicted octanol–water partition coefficient (Wildman–Crippen LogP) is 1.99. The normalized spacial score (nSPS) is 9.94. The SMILES string of the molecule is CCOc1ccc(CCNC(=O)CCl)c(OC)c1. The summed E-state index contributed by atoms with van der Waals surface area (Å²) in [4.78, 5) is 11.0. The van der Waals surface area contributed by atoms with E-state index >= 15 is 0 Å². The molecule has 0 fully saturated rings. The van der Waals surface area contributed by atoms with Crippen LogP contribution in [0.4, 0.5) is 0 Å². The molecule has 0 atom stereocenters. The van der Waals surface area contributed by atoms with Gasteiger partial charge in [0.2, 0.25) is 5.91 Å². The lowest BCUT2D eigenvalue weighted by Gasteiger charge is -2.11. The highest BCUT2D eigenvalue weighted by molar-refractivity contribution is 6.27. The molecule has 18 heavy (non-hydrogen) atoms. The fourth-order valence-corrected chi connectivity index (χ4v) is 1.67. The minimum Gasteiger partial charge on any atom is -0.496 e. The van der Waals surface area contributed by atoms with Crippen LogP contribution in [0.1, 0.15) is 12.5 Å². The summed E-state index contributed by atoms with van der Waals surface area (Å²) in [6.07, 6.45) is 0.693. The van der Waals surface area contributed by atoms with Crippen LogP contribution in [-0.2, 0) is 11.2 Å². The van der Waals surface area contributed by atoms with E-state index in [1.807, 2.05) is 25.1 Å². The number of alkyl halides is 1. The molecule has 0 aliphatic heterocycles. The third-order valence-electron chi connectivity index (χ3n) is 2.41. The van der Waals surface area contributed by atoms with Crippen LogP contribution in [0.15, 0.2) is 18.2 Å². The van der Waals surface area contributed by atoms with Gasteiger partial charge >= 0.3 is 0 Å². The third-order valence-corrected chi connectivity index (χ3v) is 2.65. The van der Waals surface area contributed by atoms with Crippen molar-refractivity contribution in [2.45, 2.75) is 13.3 Å². The lowest BCUT2D eigenvalue weighted by Crippen LogP contribution is -2.26. The monoisotopic (exact) mass is 271 g/mol. The second kappa shape index (κ2) is 7.82. The highest BCUT2D eigenvalue weighted by atomic mass is 35.5. The number of rotatable bonds is 7. The zero-order valence-corrected chi connectivity index (χ0v) is 11.4. The smallest absolute Gasteiger partial charge is 0.234 e. The molecule has 0 saturated heterocycles. The Morgan fingerprint density at radius 1 is 1.44 bits per heavy atom. The Labute approximate surface area is 112 Å². The summed E-state index contributed by atoms with van der Waals surface area (Å²) in [7, 11) is 1.62. The summed E-state index contributed by atoms with van der Waals surface area (Å²) in [6.45, 7) is 3.09. The van der Waals surface area contributed by atoms with Crippen LogP contribution in [0, 0.1) is 0 Å². The van der Waals surface area contributed by atoms with Crippen molar-refractivity contribution in [1.82, 2.24) is 5.32 Å². The fourth-order valence-electron chi connectivity index (χ4n) is 1.57. The largest absolute Gasteiger partial charge is 0.496 e. The average molecular weight is 272 g/mol. The molecule has 0 radical (unpaired) electrons. The molecule has 1 rings (SSSR count). The molecule has 1 amide bonds. The molecule has 0 unspecified atom stereocenters. The van der Waals surface area contributed by atoms with Crippen LogP contribution in [0.3, 0.4) is 0 Å². The van der Waals surface area contributed by atoms with E-state index in [1.165, 1.54) is 0 Å². The van der Waals surface area contributed by atoms with Crippen molar-refractivity contribution in [2.75, 3.05) is 26.1 Å². The number of amides is 1. The predicted molar refractivity (Wildman–Crippen MR) is 71.6 cm³/mol. The number of hydrogen-bond donors (Lipinski definition) is 1. The van der Waals surface area contributed by atoms with Crippen LogP contribution >= 0.6 is 11.6 Å². The van der Waals surface area contributed by atoms with Crippen LogP contribution < -0.4 is 14.8 Å². The zero-order chi connectivity index (χ0) is 13.4. The van der Waals surface area contributed by atoms with Gasteiger partial charge in [0.15, 0.2) is 0 Å². The summed E-state index contributed by atoms with van der Waals surface area (Å²) < 4.78 is 10.7. The molecule has 0 heterocycles. The quantitative estimate of drug-likeness (QED) is 0.772. The first kappa shape index (κ1) is 14.6. The maximum atomic E-state index is 11.0. The Kier molecular flexibility index (Phi) is 6.36. The van der Waals surface area contributed by atoms with Gasteiger partial charge in [-0.2, -0.15) is 0 Å². The van der Waals surface area contributed by atoms with E-state index in [0.717, 1.165) is 17.1 Å². The zero-order valence-electron chi connectivity index (χ0n) is 10.7. The Balaban J connectivity index is 2.61. The van der Waals surface area contributed by atoms with Crippen molar-refractivity contribution >= 4 is 17.5 Å². The first-order valence-electron chi connectivity index (χ1n) is 5.83. The van der Waals surface area contributed by atoms with Crippen molar-refractivity contribution < 1.29 is 14.3 Å². The Bertz CT molecular complexity index is 396. The van der Waals surface area contributed by atoms with Crippen LogP contribution in [0.5, 0.6) is 11.5 Å². The summed E-state index contributed by atoms with van der Waals surface area (Å²) in [6, 6.07) is 5.68. The molecule has 4 nitrogen and oxygen atoms in total. The number of methoxy groups -OCH3 is 1. The van der Waals surface area contributed by atoms with Gasteiger partial charge in [-0.25, -0.2) is 0 Å². The molecule has 1 N–H and O–H groups in total. The molecular formula is C13H18ClNO3. The van der Waals surface area contributed by atoms with Gasteiger partial charge in [0.25, 0.3) is 0 Å². The van der Waals surface area contributed by atoms with Gasteiger partial charge in [0.1, 0.15) is 17.4 Å². The molecule has 5 heteroatoms. The molecule has 1 aromatic rings. The fraction of sp³-hybridized carbons (Fsp3) is 0.462. The molecule has 0 aliphatic carbocycles. The highest BCUT2D eigenvalue weighted by Crippen LogP contribution is 2.24. The van der Waals surface area contributed by atoms with E-state index in [1.54, 1.807) is 7.11 Å². The van der Waals surface area contributed by atoms with Gasteiger partial charge in [-0.05, 0) is 25.0 Å². The minimum atomic E-state index is -0.165. The van der Waals surface area contributed by atoms with Crippen LogP contribution in [0.2, 0.25) is 0 Å². The highest BCUT2D eigenvalue weighted by Gasteiger charge is 2.06. The van der Waals surface area contributed by atoms with Gasteiger partial charge < -0.3 is 14.8 Å². The van der Waals surface area contributed by atoms with Crippen molar-refractivity contribution in [3.8, 4) is 11.5 Å². The van der Waals surface area contributed by atoms with Crippen molar-refractivity contribution in [2.24, 2.45) is 0 Å². The first-order valence-corrected chi connectivity index (χ1v) is 6.37. The minimum absolute atomic E-state index is 0.0135. The van der Waals surface area contributed by atoms with E-state index in [9.17, 15) is 4.79 Å². The number of halogens is 1. The van der Waals surface area contributed by atoms with E-state index in [0.29, 0.717) is 19.6 Å². The van der Waals surface area contributed by atoms with E-state index in [4.69, 9.17) is 21.1 Å². The molecule has 0 saturated carbocycles. The molecule has 0 spiro atoms. The lowest BCUT2D eigenvalue weighted by molar-refractivity contribution is -0.118. The average Bonchev–Trinajstić information content (AvgIpc) is 2.40. The molecule has 100 valence electrons. The maximum absolute atomic E-state index is 11.0. The molecule has 0 aromatic heterocycles. The number of ether oxygens (including phenoxy) is 2. The molecule has 0 bridgehead atoms. The van der Waals surface area contributed by atoms with E-state index < -0.39 is 0 Å². The Hall–Kier alpha value is -1.42. The van der Waals surface area contributed by atoms with Crippen LogP contribution in [-0.4, -0.2) is 32.0 Å². The Morgan fingerprint density at radius 2 is 2.22 bits per heavy atom. The van der Waals surface area contributed by atoms with Gasteiger partial charge in [-0.3, -0.25) is 4.79 Å². The van der Waals surface area contributed by atoms with Crippen LogP contribution in [0.25, 0.3) is 0 Å². The van der Waals surface area contributed by atoms with E-state index in [-0.39, 0.29) is 11.8 Å². The van der Waals surface area contributed by atoms with Gasteiger partial charge in [-0.15, -0.1) is 11.6 Å². The number of hydrogen-bond acceptors (Lipinski definition) is 3. The van der Waals surface area contributed by atoms with Crippen molar-refractivity contribution in [3.63, 3.8) is 0 Å². The maximum Gasteiger partial charge on any atom is 0.234 e. The number of carbonyl (C=O) groups is 1. The topological polar surface area (TPSA) is 47.6 Å². The van der Waals surface area contributed by atoms with Gasteiger partial charge in [-0.1, -0.05) is 6.07 Å². The van der Waals surface area contributed by atoms with E-state index in [2.05, 4.69) is 5.32 Å². The summed E-state index contributed by atoms with van der Waals surface area (Å²) in [5, 5.41) is 2.71. The summed E-state index contributed by atoms with van der Waals surface area (Å²) in [5.74, 6) is 1.37. The first-order chi connectivity index (χ1) is 8.71. The molecular weight excluding hydrogens is 254 g/mol. The van der Waals surface area contributed by atoms with Crippen molar-refractivity contribution in [1.29, 1.82) is 0 Å². The molecule has 1 aromatic carbocycles. The van der Waals surface area contributed by atoms with Crippen molar-refractivity contribution in [3.05, 3.63) is 23.8 Å². The number of benzene rings is 1. The number of nitrogens with one attached hydrogen (secondary N) is 1. The third kappa shape index (κ3) is 4.45. The lowest BCUT2D eigenvalue weighted by atomic mass is 10.1. The molecule has 0 aliphatic rings. The second-order valence-electron chi connectivity index (χ2n) is 3.64. The second-order valence-corrected chi connectivity index (χ2v) is 3.91. The standard InChI is InChI=1S/C13H18ClNO3/c1-3-18-11-5-4-10(12(8-11)17-2)6-7-15-13(16)9-14/h4-5,8H,3,6-7,9H2,1-2H3,(H,15,16). The Morgan fingerprint density at radius 3 is 2.83 bits per heavy atom. The van der Waals surface area contributed by atoms with Gasteiger partial charge in [0.05, 0.1) is 13.7 Å². The summed E-state index contributed by atoms with van der Waals surface area (Å²) >= 11 is 5.39. The summed E-state index contributed by atoms with van der Waals surface area (Å²) in [5.41, 5.74) is 1.02. The number of carbonyl (C=O) groups excluding carboxylic acids is 1.